The Morgan fingerprint density at radius 3 is 2.62 bits per heavy atom. The molecule has 1 heterocycles. The monoisotopic (exact) mass is 354 g/mol. The largest absolute Gasteiger partial charge is 0.497 e. The highest BCUT2D eigenvalue weighted by Crippen LogP contribution is 2.23. The first kappa shape index (κ1) is 17.5. The Balaban J connectivity index is 1.83. The van der Waals surface area contributed by atoms with E-state index in [-0.39, 0.29) is 0 Å². The van der Waals surface area contributed by atoms with Gasteiger partial charge in [0.05, 0.1) is 7.11 Å². The van der Waals surface area contributed by atoms with Gasteiger partial charge in [-0.2, -0.15) is 0 Å². The number of anilines is 1. The van der Waals surface area contributed by atoms with Gasteiger partial charge in [-0.15, -0.1) is 0 Å². The molecule has 3 rings (SSSR count). The molecule has 0 aliphatic heterocycles. The Hall–Kier alpha value is -3.35. The van der Waals surface area contributed by atoms with Crippen LogP contribution in [0.15, 0.2) is 60.9 Å². The molecule has 2 aromatic carbocycles. The normalized spacial score (nSPS) is 11.7. The molecule has 7 heteroatoms. The van der Waals surface area contributed by atoms with Crippen molar-refractivity contribution in [1.82, 2.24) is 14.9 Å². The standard InChI is InChI=1S/C19H19FN4O2/c1-24-11-10-21-18(24)17(13-6-8-16(26-2)9-7-13)23-19(25)22-15-5-3-4-14(20)12-15/h3-12,17H,1-2H3,(H2,22,23,25). The highest BCUT2D eigenvalue weighted by molar-refractivity contribution is 5.89. The Bertz CT molecular complexity index is 893. The maximum Gasteiger partial charge on any atom is 0.320 e. The summed E-state index contributed by atoms with van der Waals surface area (Å²) in [6, 6.07) is 12.1. The van der Waals surface area contributed by atoms with Crippen molar-refractivity contribution in [3.05, 3.63) is 78.1 Å². The first-order valence-corrected chi connectivity index (χ1v) is 8.01. The zero-order valence-corrected chi connectivity index (χ0v) is 14.4. The number of urea groups is 1. The van der Waals surface area contributed by atoms with E-state index in [2.05, 4.69) is 15.6 Å². The number of benzene rings is 2. The third kappa shape index (κ3) is 4.00. The molecule has 0 aliphatic rings. The maximum atomic E-state index is 13.3. The third-order valence-electron chi connectivity index (χ3n) is 3.92. The predicted octanol–water partition coefficient (Wildman–Crippen LogP) is 3.48. The van der Waals surface area contributed by atoms with Crippen molar-refractivity contribution >= 4 is 11.7 Å². The molecule has 26 heavy (non-hydrogen) atoms. The Morgan fingerprint density at radius 1 is 1.23 bits per heavy atom. The number of aryl methyl sites for hydroxylation is 1. The minimum atomic E-state index is -0.477. The lowest BCUT2D eigenvalue weighted by Crippen LogP contribution is -2.34. The molecule has 1 atom stereocenters. The first-order valence-electron chi connectivity index (χ1n) is 8.01. The molecule has 0 saturated heterocycles. The van der Waals surface area contributed by atoms with Crippen LogP contribution in [0.5, 0.6) is 5.75 Å². The highest BCUT2D eigenvalue weighted by Gasteiger charge is 2.21. The van der Waals surface area contributed by atoms with Crippen LogP contribution in [0, 0.1) is 5.82 Å². The molecule has 1 unspecified atom stereocenters. The molecule has 6 nitrogen and oxygen atoms in total. The van der Waals surface area contributed by atoms with Crippen LogP contribution < -0.4 is 15.4 Å². The van der Waals surface area contributed by atoms with Crippen LogP contribution in [-0.2, 0) is 7.05 Å². The molecule has 0 spiro atoms. The van der Waals surface area contributed by atoms with Crippen LogP contribution in [0.25, 0.3) is 0 Å². The van der Waals surface area contributed by atoms with E-state index in [1.807, 2.05) is 35.9 Å². The number of hydrogen-bond acceptors (Lipinski definition) is 3. The molecule has 0 aliphatic carbocycles. The SMILES string of the molecule is COc1ccc(C(NC(=O)Nc2cccc(F)c2)c2nccn2C)cc1. The fourth-order valence-electron chi connectivity index (χ4n) is 2.61. The topological polar surface area (TPSA) is 68.2 Å². The number of rotatable bonds is 5. The van der Waals surface area contributed by atoms with Crippen LogP contribution in [-0.4, -0.2) is 22.7 Å². The van der Waals surface area contributed by atoms with Crippen LogP contribution in [0.2, 0.25) is 0 Å². The molecule has 0 fully saturated rings. The van der Waals surface area contributed by atoms with Crippen molar-refractivity contribution in [3.8, 4) is 5.75 Å². The summed E-state index contributed by atoms with van der Waals surface area (Å²) in [6.07, 6.45) is 3.47. The van der Waals surface area contributed by atoms with Gasteiger partial charge in [-0.25, -0.2) is 14.2 Å². The number of carbonyl (C=O) groups is 1. The van der Waals surface area contributed by atoms with Gasteiger partial charge in [-0.3, -0.25) is 0 Å². The number of imidazole rings is 1. The minimum Gasteiger partial charge on any atom is -0.497 e. The lowest BCUT2D eigenvalue weighted by molar-refractivity contribution is 0.249. The number of nitrogens with zero attached hydrogens (tertiary/aromatic N) is 2. The average Bonchev–Trinajstić information content (AvgIpc) is 3.05. The van der Waals surface area contributed by atoms with Crippen molar-refractivity contribution < 1.29 is 13.9 Å². The number of halogens is 1. The molecular weight excluding hydrogens is 335 g/mol. The van der Waals surface area contributed by atoms with Crippen molar-refractivity contribution in [2.45, 2.75) is 6.04 Å². The van der Waals surface area contributed by atoms with Gasteiger partial charge in [0.1, 0.15) is 23.4 Å². The summed E-state index contributed by atoms with van der Waals surface area (Å²) in [5, 5.41) is 5.52. The summed E-state index contributed by atoms with van der Waals surface area (Å²) in [7, 11) is 3.45. The van der Waals surface area contributed by atoms with Crippen LogP contribution in [0.4, 0.5) is 14.9 Å². The van der Waals surface area contributed by atoms with Gasteiger partial charge in [0.25, 0.3) is 0 Å². The minimum absolute atomic E-state index is 0.371. The highest BCUT2D eigenvalue weighted by atomic mass is 19.1. The van der Waals surface area contributed by atoms with Gasteiger partial charge < -0.3 is 19.9 Å². The summed E-state index contributed by atoms with van der Waals surface area (Å²) < 4.78 is 20.3. The molecule has 1 aromatic heterocycles. The number of hydrogen-bond donors (Lipinski definition) is 2. The van der Waals surface area contributed by atoms with E-state index in [0.29, 0.717) is 11.5 Å². The van der Waals surface area contributed by atoms with E-state index in [0.717, 1.165) is 11.3 Å². The van der Waals surface area contributed by atoms with Gasteiger partial charge in [-0.1, -0.05) is 18.2 Å². The van der Waals surface area contributed by atoms with E-state index in [1.165, 1.54) is 18.2 Å². The van der Waals surface area contributed by atoms with Gasteiger partial charge in [0.15, 0.2) is 0 Å². The predicted molar refractivity (Wildman–Crippen MR) is 96.6 cm³/mol. The third-order valence-corrected chi connectivity index (χ3v) is 3.92. The number of nitrogens with one attached hydrogen (secondary N) is 2. The lowest BCUT2D eigenvalue weighted by atomic mass is 10.1. The smallest absolute Gasteiger partial charge is 0.320 e. The Kier molecular flexibility index (Phi) is 5.17. The van der Waals surface area contributed by atoms with E-state index in [4.69, 9.17) is 4.74 Å². The van der Waals surface area contributed by atoms with Crippen molar-refractivity contribution in [3.63, 3.8) is 0 Å². The number of amides is 2. The van der Waals surface area contributed by atoms with E-state index in [1.54, 1.807) is 25.6 Å². The molecule has 134 valence electrons. The second kappa shape index (κ2) is 7.69. The Morgan fingerprint density at radius 2 is 2.00 bits per heavy atom. The number of carbonyl (C=O) groups excluding carboxylic acids is 1. The summed E-state index contributed by atoms with van der Waals surface area (Å²) in [6.45, 7) is 0. The van der Waals surface area contributed by atoms with Crippen molar-refractivity contribution in [2.75, 3.05) is 12.4 Å². The zero-order valence-electron chi connectivity index (χ0n) is 14.4. The second-order valence-corrected chi connectivity index (χ2v) is 5.71. The summed E-state index contributed by atoms with van der Waals surface area (Å²) in [5.74, 6) is 0.972. The van der Waals surface area contributed by atoms with Crippen LogP contribution in [0.1, 0.15) is 17.4 Å². The van der Waals surface area contributed by atoms with Gasteiger partial charge in [0, 0.05) is 25.1 Å². The molecule has 0 saturated carbocycles. The van der Waals surface area contributed by atoms with Crippen LogP contribution >= 0.6 is 0 Å². The summed E-state index contributed by atoms with van der Waals surface area (Å²) in [4.78, 5) is 16.8. The van der Waals surface area contributed by atoms with Crippen molar-refractivity contribution in [2.24, 2.45) is 7.05 Å². The van der Waals surface area contributed by atoms with E-state index < -0.39 is 17.9 Å². The maximum absolute atomic E-state index is 13.3. The van der Waals surface area contributed by atoms with Crippen molar-refractivity contribution in [1.29, 1.82) is 0 Å². The van der Waals surface area contributed by atoms with Crippen LogP contribution in [0.3, 0.4) is 0 Å². The van der Waals surface area contributed by atoms with E-state index in [9.17, 15) is 9.18 Å². The first-order chi connectivity index (χ1) is 12.6. The second-order valence-electron chi connectivity index (χ2n) is 5.71. The fourth-order valence-corrected chi connectivity index (χ4v) is 2.61. The van der Waals surface area contributed by atoms with Gasteiger partial charge in [-0.05, 0) is 35.9 Å². The van der Waals surface area contributed by atoms with Gasteiger partial charge in [0.2, 0.25) is 0 Å². The number of aromatic nitrogens is 2. The number of ether oxygens (including phenoxy) is 1. The molecule has 0 radical (unpaired) electrons. The zero-order chi connectivity index (χ0) is 18.5. The molecule has 0 bridgehead atoms. The fraction of sp³-hybridized carbons (Fsp3) is 0.158. The molecule has 2 amide bonds. The molecule has 3 aromatic rings. The summed E-state index contributed by atoms with van der Waals surface area (Å²) >= 11 is 0. The lowest BCUT2D eigenvalue weighted by Gasteiger charge is -2.20. The molecular formula is C19H19FN4O2. The van der Waals surface area contributed by atoms with E-state index >= 15 is 0 Å². The Labute approximate surface area is 150 Å². The summed E-state index contributed by atoms with van der Waals surface area (Å²) in [5.41, 5.74) is 1.21. The number of methoxy groups -OCH3 is 1. The quantitative estimate of drug-likeness (QED) is 0.737. The van der Waals surface area contributed by atoms with Gasteiger partial charge >= 0.3 is 6.03 Å². The average molecular weight is 354 g/mol. The molecule has 2 N–H and O–H groups in total.